The number of carbonyl (C=O) groups is 2. The fourth-order valence-electron chi connectivity index (χ4n) is 4.26. The van der Waals surface area contributed by atoms with E-state index in [1.54, 1.807) is 6.92 Å². The van der Waals surface area contributed by atoms with Crippen molar-refractivity contribution in [2.24, 2.45) is 0 Å². The van der Waals surface area contributed by atoms with Gasteiger partial charge in [0.25, 0.3) is 5.91 Å². The third-order valence-electron chi connectivity index (χ3n) is 5.81. The third-order valence-corrected chi connectivity index (χ3v) is 5.81. The lowest BCUT2D eigenvalue weighted by atomic mass is 9.96. The van der Waals surface area contributed by atoms with Crippen molar-refractivity contribution in [3.63, 3.8) is 0 Å². The van der Waals surface area contributed by atoms with Crippen LogP contribution in [-0.2, 0) is 9.59 Å². The fraction of sp³-hybridized carbons (Fsp3) is 0.417. The molecule has 6 nitrogen and oxygen atoms in total. The second-order valence-corrected chi connectivity index (χ2v) is 8.02. The van der Waals surface area contributed by atoms with E-state index in [1.165, 1.54) is 20.9 Å². The molecule has 1 aliphatic heterocycles. The standard InChI is InChI=1S/C24H32N4O2/c1-3-25-24(30)19(2)26-22(29)18-27-14-16-28(17-15-27)23(20-10-6-4-7-11-20)21-12-8-5-9-13-21/h4-13,19,23H,3,14-18H2,1-2H3,(H,25,30)(H,26,29)/p+2/t19-/m1/s1. The Morgan fingerprint density at radius 2 is 1.43 bits per heavy atom. The zero-order valence-electron chi connectivity index (χ0n) is 18.0. The van der Waals surface area contributed by atoms with Crippen molar-refractivity contribution in [3.05, 3.63) is 71.8 Å². The molecule has 4 N–H and O–H groups in total. The summed E-state index contributed by atoms with van der Waals surface area (Å²) in [5.41, 5.74) is 2.66. The summed E-state index contributed by atoms with van der Waals surface area (Å²) >= 11 is 0. The molecule has 2 aromatic rings. The first kappa shape index (κ1) is 22.0. The van der Waals surface area contributed by atoms with Gasteiger partial charge in [0, 0.05) is 17.7 Å². The van der Waals surface area contributed by atoms with E-state index in [-0.39, 0.29) is 11.8 Å². The number of piperazine rings is 1. The summed E-state index contributed by atoms with van der Waals surface area (Å²) in [4.78, 5) is 27.0. The van der Waals surface area contributed by atoms with E-state index in [0.29, 0.717) is 19.1 Å². The minimum atomic E-state index is -0.496. The summed E-state index contributed by atoms with van der Waals surface area (Å²) in [5, 5.41) is 5.56. The monoisotopic (exact) mass is 410 g/mol. The minimum Gasteiger partial charge on any atom is -0.355 e. The van der Waals surface area contributed by atoms with Gasteiger partial charge in [0.1, 0.15) is 38.3 Å². The Morgan fingerprint density at radius 3 is 1.93 bits per heavy atom. The molecule has 1 fully saturated rings. The zero-order valence-corrected chi connectivity index (χ0v) is 18.0. The van der Waals surface area contributed by atoms with Gasteiger partial charge in [0.05, 0.1) is 0 Å². The van der Waals surface area contributed by atoms with Gasteiger partial charge in [-0.25, -0.2) is 0 Å². The van der Waals surface area contributed by atoms with E-state index in [4.69, 9.17) is 0 Å². The first-order valence-electron chi connectivity index (χ1n) is 10.9. The first-order chi connectivity index (χ1) is 14.6. The maximum absolute atomic E-state index is 12.4. The molecule has 6 heteroatoms. The summed E-state index contributed by atoms with van der Waals surface area (Å²) < 4.78 is 0. The number of nitrogens with one attached hydrogen (secondary N) is 4. The molecule has 2 aromatic carbocycles. The molecule has 3 rings (SSSR count). The smallest absolute Gasteiger partial charge is 0.275 e. The Hall–Kier alpha value is -2.70. The second kappa shape index (κ2) is 10.9. The molecule has 0 spiro atoms. The number of rotatable bonds is 8. The van der Waals surface area contributed by atoms with Crippen LogP contribution in [0.15, 0.2) is 60.7 Å². The molecule has 0 bridgehead atoms. The number of amides is 2. The highest BCUT2D eigenvalue weighted by molar-refractivity contribution is 5.87. The molecule has 1 atom stereocenters. The number of quaternary nitrogens is 2. The highest BCUT2D eigenvalue weighted by Crippen LogP contribution is 2.18. The fourth-order valence-corrected chi connectivity index (χ4v) is 4.26. The molecule has 1 saturated heterocycles. The van der Waals surface area contributed by atoms with E-state index in [9.17, 15) is 9.59 Å². The highest BCUT2D eigenvalue weighted by Gasteiger charge is 2.32. The van der Waals surface area contributed by atoms with Gasteiger partial charge in [-0.2, -0.15) is 0 Å². The summed E-state index contributed by atoms with van der Waals surface area (Å²) in [6.07, 6.45) is 0. The van der Waals surface area contributed by atoms with Crippen LogP contribution in [0, 0.1) is 0 Å². The van der Waals surface area contributed by atoms with Crippen molar-refractivity contribution in [1.29, 1.82) is 0 Å². The Kier molecular flexibility index (Phi) is 7.99. The number of hydrogen-bond donors (Lipinski definition) is 4. The molecule has 30 heavy (non-hydrogen) atoms. The van der Waals surface area contributed by atoms with E-state index in [0.717, 1.165) is 26.2 Å². The maximum atomic E-state index is 12.4. The van der Waals surface area contributed by atoms with Crippen LogP contribution in [0.4, 0.5) is 0 Å². The maximum Gasteiger partial charge on any atom is 0.275 e. The van der Waals surface area contributed by atoms with E-state index < -0.39 is 6.04 Å². The van der Waals surface area contributed by atoms with Crippen molar-refractivity contribution in [2.45, 2.75) is 25.9 Å². The molecular weight excluding hydrogens is 376 g/mol. The van der Waals surface area contributed by atoms with E-state index >= 15 is 0 Å². The van der Waals surface area contributed by atoms with Crippen LogP contribution < -0.4 is 20.4 Å². The molecule has 0 unspecified atom stereocenters. The molecule has 0 radical (unpaired) electrons. The molecule has 1 aliphatic rings. The number of benzene rings is 2. The SMILES string of the molecule is CCNC(=O)[C@@H](C)NC(=O)C[NH+]1CC[NH+](C(c2ccccc2)c2ccccc2)CC1. The molecule has 160 valence electrons. The van der Waals surface area contributed by atoms with Gasteiger partial charge in [0.2, 0.25) is 5.91 Å². The minimum absolute atomic E-state index is 0.0603. The van der Waals surface area contributed by atoms with Crippen molar-refractivity contribution < 1.29 is 19.4 Å². The van der Waals surface area contributed by atoms with Crippen molar-refractivity contribution in [2.75, 3.05) is 39.3 Å². The molecule has 0 aromatic heterocycles. The van der Waals surface area contributed by atoms with E-state index in [1.807, 2.05) is 6.92 Å². The summed E-state index contributed by atoms with van der Waals surface area (Å²) in [5.74, 6) is -0.196. The largest absolute Gasteiger partial charge is 0.355 e. The predicted molar refractivity (Wildman–Crippen MR) is 117 cm³/mol. The third kappa shape index (κ3) is 5.90. The van der Waals surface area contributed by atoms with Gasteiger partial charge < -0.3 is 20.4 Å². The highest BCUT2D eigenvalue weighted by atomic mass is 16.2. The van der Waals surface area contributed by atoms with Crippen molar-refractivity contribution in [1.82, 2.24) is 10.6 Å². The Balaban J connectivity index is 1.58. The van der Waals surface area contributed by atoms with Gasteiger partial charge in [-0.05, 0) is 13.8 Å². The van der Waals surface area contributed by atoms with Crippen LogP contribution in [0.1, 0.15) is 31.0 Å². The number of hydrogen-bond acceptors (Lipinski definition) is 2. The Morgan fingerprint density at radius 1 is 0.900 bits per heavy atom. The molecule has 1 heterocycles. The second-order valence-electron chi connectivity index (χ2n) is 8.02. The van der Waals surface area contributed by atoms with Crippen LogP contribution in [0.2, 0.25) is 0 Å². The lowest BCUT2D eigenvalue weighted by Crippen LogP contribution is -3.28. The van der Waals surface area contributed by atoms with Gasteiger partial charge in [-0.15, -0.1) is 0 Å². The summed E-state index contributed by atoms with van der Waals surface area (Å²) in [6.45, 7) is 8.47. The molecule has 2 amide bonds. The number of carbonyl (C=O) groups excluding carboxylic acids is 2. The average molecular weight is 411 g/mol. The van der Waals surface area contributed by atoms with Gasteiger partial charge in [-0.3, -0.25) is 9.59 Å². The van der Waals surface area contributed by atoms with Gasteiger partial charge >= 0.3 is 0 Å². The normalized spacial score (nSPS) is 19.8. The lowest BCUT2D eigenvalue weighted by Gasteiger charge is -2.35. The summed E-state index contributed by atoms with van der Waals surface area (Å²) in [6, 6.07) is 21.2. The predicted octanol–water partition coefficient (Wildman–Crippen LogP) is -0.800. The zero-order chi connectivity index (χ0) is 21.3. The van der Waals surface area contributed by atoms with Crippen LogP contribution in [-0.4, -0.2) is 57.1 Å². The van der Waals surface area contributed by atoms with Crippen molar-refractivity contribution in [3.8, 4) is 0 Å². The van der Waals surface area contributed by atoms with Crippen LogP contribution in [0.3, 0.4) is 0 Å². The average Bonchev–Trinajstić information content (AvgIpc) is 2.77. The molecule has 0 saturated carbocycles. The lowest BCUT2D eigenvalue weighted by molar-refractivity contribution is -1.02. The quantitative estimate of drug-likeness (QED) is 0.460. The van der Waals surface area contributed by atoms with Crippen molar-refractivity contribution >= 4 is 11.8 Å². The Bertz CT molecular complexity index is 765. The van der Waals surface area contributed by atoms with Crippen LogP contribution >= 0.6 is 0 Å². The Labute approximate surface area is 179 Å². The van der Waals surface area contributed by atoms with E-state index in [2.05, 4.69) is 71.3 Å². The topological polar surface area (TPSA) is 67.1 Å². The summed E-state index contributed by atoms with van der Waals surface area (Å²) in [7, 11) is 0. The molecule has 0 aliphatic carbocycles. The number of likely N-dealkylation sites (N-methyl/N-ethyl adjacent to an activating group) is 1. The van der Waals surface area contributed by atoms with Gasteiger partial charge in [-0.1, -0.05) is 60.7 Å². The van der Waals surface area contributed by atoms with Gasteiger partial charge in [0.15, 0.2) is 6.54 Å². The molecular formula is C24H34N4O2+2. The van der Waals surface area contributed by atoms with Crippen LogP contribution in [0.25, 0.3) is 0 Å². The first-order valence-corrected chi connectivity index (χ1v) is 10.9. The van der Waals surface area contributed by atoms with Crippen LogP contribution in [0.5, 0.6) is 0 Å².